The van der Waals surface area contributed by atoms with Gasteiger partial charge in [0.15, 0.2) is 11.7 Å². The Kier molecular flexibility index (Phi) is 5.33. The third-order valence-corrected chi connectivity index (χ3v) is 10.6. The highest BCUT2D eigenvalue weighted by Crippen LogP contribution is 2.83. The molecule has 0 aromatic carbocycles. The number of cyclic esters (lactones) is 1. The van der Waals surface area contributed by atoms with E-state index in [1.807, 2.05) is 35.1 Å². The molecule has 3 saturated heterocycles. The normalized spacial score (nSPS) is 46.7. The van der Waals surface area contributed by atoms with Crippen molar-refractivity contribution in [2.24, 2.45) is 17.3 Å². The topological polar surface area (TPSA) is 123 Å². The van der Waals surface area contributed by atoms with E-state index in [9.17, 15) is 14.4 Å². The van der Waals surface area contributed by atoms with Crippen molar-refractivity contribution in [1.29, 1.82) is 0 Å². The molecule has 11 heteroatoms. The minimum Gasteiger partial charge on any atom is -0.464 e. The minimum absolute atomic E-state index is 0.0899. The molecule has 2 unspecified atom stereocenters. The molecular weight excluding hydrogens is 508 g/mol. The Morgan fingerprint density at radius 1 is 1.05 bits per heavy atom. The summed E-state index contributed by atoms with van der Waals surface area (Å²) in [6.45, 7) is 4.99. The second-order valence-corrected chi connectivity index (χ2v) is 13.3. The predicted molar refractivity (Wildman–Crippen MR) is 133 cm³/mol. The van der Waals surface area contributed by atoms with Crippen molar-refractivity contribution in [2.75, 3.05) is 54.5 Å². The Balaban J connectivity index is 1.24. The zero-order valence-electron chi connectivity index (χ0n) is 23.5. The van der Waals surface area contributed by atoms with Crippen LogP contribution in [0.3, 0.4) is 0 Å². The maximum absolute atomic E-state index is 13.2. The zero-order chi connectivity index (χ0) is 27.7. The molecule has 0 radical (unpaired) electrons. The van der Waals surface area contributed by atoms with Gasteiger partial charge in [-0.05, 0) is 58.9 Å². The molecule has 39 heavy (non-hydrogen) atoms. The van der Waals surface area contributed by atoms with Crippen LogP contribution in [0.5, 0.6) is 0 Å². The number of fused-ring (bicyclic) bond motifs is 4. The first-order valence-electron chi connectivity index (χ1n) is 14.0. The first kappa shape index (κ1) is 25.9. The smallest absolute Gasteiger partial charge is 0.334 e. The first-order chi connectivity index (χ1) is 18.4. The molecule has 7 rings (SSSR count). The van der Waals surface area contributed by atoms with Gasteiger partial charge in [-0.3, -0.25) is 19.4 Å². The van der Waals surface area contributed by atoms with Gasteiger partial charge in [0.25, 0.3) is 0 Å². The van der Waals surface area contributed by atoms with Gasteiger partial charge in [0, 0.05) is 16.9 Å². The number of rotatable bonds is 8. The van der Waals surface area contributed by atoms with E-state index in [4.69, 9.17) is 28.4 Å². The molecule has 5 fully saturated rings. The van der Waals surface area contributed by atoms with Crippen LogP contribution in [0, 0.1) is 17.3 Å². The van der Waals surface area contributed by atoms with Crippen LogP contribution in [0.2, 0.25) is 0 Å². The number of nitrogens with zero attached hydrogens (tertiary/aromatic N) is 2. The summed E-state index contributed by atoms with van der Waals surface area (Å²) in [4.78, 5) is 41.4. The summed E-state index contributed by atoms with van der Waals surface area (Å²) in [6.07, 6.45) is 0.668. The second kappa shape index (κ2) is 8.03. The third kappa shape index (κ3) is 3.14. The predicted octanol–water partition coefficient (Wildman–Crippen LogP) is 0.301. The van der Waals surface area contributed by atoms with E-state index < -0.39 is 22.9 Å². The summed E-state index contributed by atoms with van der Waals surface area (Å²) in [7, 11) is 7.27. The molecule has 11 nitrogen and oxygen atoms in total. The van der Waals surface area contributed by atoms with Crippen LogP contribution >= 0.6 is 0 Å². The third-order valence-electron chi connectivity index (χ3n) is 10.6. The average Bonchev–Trinajstić information content (AvgIpc) is 3.76. The van der Waals surface area contributed by atoms with E-state index >= 15 is 0 Å². The van der Waals surface area contributed by atoms with Crippen LogP contribution in [0.15, 0.2) is 11.1 Å². The van der Waals surface area contributed by atoms with E-state index in [2.05, 4.69) is 6.92 Å². The molecule has 2 spiro atoms. The molecule has 7 aliphatic rings. The number of likely N-dealkylation sites (N-methyl/N-ethyl adjacent to an activating group) is 2. The van der Waals surface area contributed by atoms with Crippen molar-refractivity contribution in [3.05, 3.63) is 11.1 Å². The SMILES string of the molecule is CC(COC(=O)CN(C)C)[C@]12O[C@H]1[C@@H]1O[C@@]13[C@@]1(C)CCC4=C(COC4=O)[C@@H]1C[C@@H]1O[C@@]13C2OC(=O)CN(C)C. The highest BCUT2D eigenvalue weighted by Gasteiger charge is 3.01. The van der Waals surface area contributed by atoms with Gasteiger partial charge in [-0.2, -0.15) is 0 Å². The number of hydrogen-bond donors (Lipinski definition) is 0. The molecule has 0 N–H and O–H groups in total. The number of ether oxygens (including phenoxy) is 6. The average molecular weight is 547 g/mol. The fourth-order valence-electron chi connectivity index (χ4n) is 8.81. The summed E-state index contributed by atoms with van der Waals surface area (Å²) < 4.78 is 37.3. The summed E-state index contributed by atoms with van der Waals surface area (Å²) in [5.74, 6) is -1.04. The Morgan fingerprint density at radius 3 is 2.49 bits per heavy atom. The van der Waals surface area contributed by atoms with Gasteiger partial charge in [0.2, 0.25) is 0 Å². The van der Waals surface area contributed by atoms with Gasteiger partial charge in [0.1, 0.15) is 30.0 Å². The van der Waals surface area contributed by atoms with Gasteiger partial charge in [-0.25, -0.2) is 4.79 Å². The van der Waals surface area contributed by atoms with Crippen LogP contribution in [-0.4, -0.2) is 123 Å². The first-order valence-corrected chi connectivity index (χ1v) is 14.0. The van der Waals surface area contributed by atoms with Crippen molar-refractivity contribution in [3.8, 4) is 0 Å². The molecule has 0 aromatic heterocycles. The Morgan fingerprint density at radius 2 is 1.77 bits per heavy atom. The molecule has 0 bridgehead atoms. The van der Waals surface area contributed by atoms with Crippen molar-refractivity contribution in [3.63, 3.8) is 0 Å². The molecule has 10 atom stereocenters. The maximum Gasteiger partial charge on any atom is 0.334 e. The van der Waals surface area contributed by atoms with E-state index in [-0.39, 0.29) is 73.2 Å². The van der Waals surface area contributed by atoms with E-state index in [0.29, 0.717) is 19.4 Å². The number of esters is 3. The Hall–Kier alpha value is -2.05. The molecule has 3 aliphatic carbocycles. The molecule has 0 aromatic rings. The van der Waals surface area contributed by atoms with Crippen molar-refractivity contribution < 1.29 is 42.8 Å². The molecule has 2 saturated carbocycles. The number of carbonyl (C=O) groups is 3. The molecule has 4 aliphatic heterocycles. The second-order valence-electron chi connectivity index (χ2n) is 13.3. The van der Waals surface area contributed by atoms with E-state index in [1.165, 1.54) is 0 Å². The summed E-state index contributed by atoms with van der Waals surface area (Å²) >= 11 is 0. The van der Waals surface area contributed by atoms with Crippen LogP contribution in [0.25, 0.3) is 0 Å². The van der Waals surface area contributed by atoms with Gasteiger partial charge >= 0.3 is 17.9 Å². The lowest BCUT2D eigenvalue weighted by atomic mass is 9.46. The quantitative estimate of drug-likeness (QED) is 0.237. The molecular formula is C28H38N2O9. The number of epoxide rings is 3. The Labute approximate surface area is 228 Å². The highest BCUT2D eigenvalue weighted by atomic mass is 16.8. The number of hydrogen-bond acceptors (Lipinski definition) is 11. The van der Waals surface area contributed by atoms with E-state index in [1.54, 1.807) is 9.80 Å². The zero-order valence-corrected chi connectivity index (χ0v) is 23.5. The van der Waals surface area contributed by atoms with Crippen molar-refractivity contribution in [1.82, 2.24) is 9.80 Å². The van der Waals surface area contributed by atoms with Crippen LogP contribution in [-0.2, 0) is 42.8 Å². The van der Waals surface area contributed by atoms with Gasteiger partial charge < -0.3 is 28.4 Å². The van der Waals surface area contributed by atoms with Crippen LogP contribution < -0.4 is 0 Å². The van der Waals surface area contributed by atoms with Gasteiger partial charge in [-0.1, -0.05) is 13.8 Å². The van der Waals surface area contributed by atoms with Crippen molar-refractivity contribution in [2.45, 2.75) is 74.3 Å². The standard InChI is InChI=1S/C28H38N2O9/c1-14(12-34-19(31)10-29(3)4)26-21(38-26)22-28(39-22)25(2)8-7-15-16(13-35-23(15)33)17(25)9-18-27(28,37-18)24(26)36-20(32)11-30(5)6/h14,17-18,21-22,24H,7-13H2,1-6H3/t14?,17-,18-,21-,22-,24?,25-,26-,27+,28+/m0/s1. The number of carbonyl (C=O) groups excluding carboxylic acids is 3. The van der Waals surface area contributed by atoms with Crippen LogP contribution in [0.1, 0.15) is 33.1 Å². The lowest BCUT2D eigenvalue weighted by Gasteiger charge is -2.53. The molecule has 214 valence electrons. The fraction of sp³-hybridized carbons (Fsp3) is 0.821. The fourth-order valence-corrected chi connectivity index (χ4v) is 8.81. The van der Waals surface area contributed by atoms with Gasteiger partial charge in [0.05, 0.1) is 25.8 Å². The minimum atomic E-state index is -0.867. The summed E-state index contributed by atoms with van der Waals surface area (Å²) in [5, 5.41) is 0. The summed E-state index contributed by atoms with van der Waals surface area (Å²) in [6, 6.07) is 0. The molecule has 4 heterocycles. The van der Waals surface area contributed by atoms with Crippen molar-refractivity contribution >= 4 is 17.9 Å². The maximum atomic E-state index is 13.2. The van der Waals surface area contributed by atoms with Crippen LogP contribution in [0.4, 0.5) is 0 Å². The lowest BCUT2D eigenvalue weighted by molar-refractivity contribution is -0.172. The Bertz CT molecular complexity index is 1190. The van der Waals surface area contributed by atoms with E-state index in [0.717, 1.165) is 17.6 Å². The summed E-state index contributed by atoms with van der Waals surface area (Å²) in [5.41, 5.74) is -0.835. The highest BCUT2D eigenvalue weighted by molar-refractivity contribution is 5.92. The largest absolute Gasteiger partial charge is 0.464 e. The van der Waals surface area contributed by atoms with Gasteiger partial charge in [-0.15, -0.1) is 0 Å². The lowest BCUT2D eigenvalue weighted by Crippen LogP contribution is -2.70. The monoisotopic (exact) mass is 546 g/mol. The molecule has 0 amide bonds.